The van der Waals surface area contributed by atoms with Crippen molar-refractivity contribution in [1.82, 2.24) is 20.2 Å². The molecule has 1 aliphatic rings. The van der Waals surface area contributed by atoms with Crippen LogP contribution in [-0.4, -0.2) is 33.3 Å². The van der Waals surface area contributed by atoms with Gasteiger partial charge in [0.2, 0.25) is 0 Å². The molecule has 1 atom stereocenters. The molecule has 18 heavy (non-hydrogen) atoms. The molecule has 0 bridgehead atoms. The van der Waals surface area contributed by atoms with Crippen LogP contribution in [0.15, 0.2) is 12.5 Å². The third-order valence-electron chi connectivity index (χ3n) is 3.18. The minimum atomic E-state index is 0.741. The number of nitrogens with zero attached hydrogens (tertiary/aromatic N) is 4. The maximum atomic E-state index is 4.39. The molecule has 1 saturated heterocycles. The highest BCUT2D eigenvalue weighted by Gasteiger charge is 2.19. The van der Waals surface area contributed by atoms with E-state index in [4.69, 9.17) is 0 Å². The van der Waals surface area contributed by atoms with Crippen LogP contribution in [0.3, 0.4) is 0 Å². The number of piperidine rings is 1. The second-order valence-corrected chi connectivity index (χ2v) is 4.52. The standard InChI is InChI=1S/C11H15N5.C2H6/c1-8-3-2-4-16(6-8)11-9-5-14-15-10(9)12-7-13-11;1-2/h5,7-8H,2-4,6H2,1H3,(H,12,13,14,15);1-2H3. The van der Waals surface area contributed by atoms with Crippen molar-refractivity contribution in [2.45, 2.75) is 33.6 Å². The van der Waals surface area contributed by atoms with E-state index in [1.807, 2.05) is 20.0 Å². The number of hydrogen-bond donors (Lipinski definition) is 1. The van der Waals surface area contributed by atoms with Gasteiger partial charge < -0.3 is 4.90 Å². The van der Waals surface area contributed by atoms with Gasteiger partial charge in [-0.1, -0.05) is 20.8 Å². The molecule has 2 aromatic heterocycles. The summed E-state index contributed by atoms with van der Waals surface area (Å²) in [5.41, 5.74) is 0.822. The number of nitrogens with one attached hydrogen (secondary N) is 1. The summed E-state index contributed by atoms with van der Waals surface area (Å²) < 4.78 is 0. The molecule has 5 heteroatoms. The summed E-state index contributed by atoms with van der Waals surface area (Å²) in [4.78, 5) is 10.9. The zero-order valence-electron chi connectivity index (χ0n) is 11.3. The van der Waals surface area contributed by atoms with Crippen LogP contribution in [0.25, 0.3) is 11.0 Å². The van der Waals surface area contributed by atoms with Crippen molar-refractivity contribution >= 4 is 16.9 Å². The molecule has 0 saturated carbocycles. The topological polar surface area (TPSA) is 57.7 Å². The zero-order valence-corrected chi connectivity index (χ0v) is 11.3. The number of H-pyrrole nitrogens is 1. The number of anilines is 1. The highest BCUT2D eigenvalue weighted by Crippen LogP contribution is 2.25. The van der Waals surface area contributed by atoms with Crippen molar-refractivity contribution in [1.29, 1.82) is 0 Å². The quantitative estimate of drug-likeness (QED) is 0.841. The van der Waals surface area contributed by atoms with Gasteiger partial charge in [-0.2, -0.15) is 5.10 Å². The molecule has 1 N–H and O–H groups in total. The first-order chi connectivity index (χ1) is 8.84. The van der Waals surface area contributed by atoms with E-state index in [2.05, 4.69) is 32.0 Å². The number of aromatic amines is 1. The summed E-state index contributed by atoms with van der Waals surface area (Å²) in [7, 11) is 0. The number of rotatable bonds is 1. The molecular formula is C13H21N5. The second-order valence-electron chi connectivity index (χ2n) is 4.52. The Bertz CT molecular complexity index is 493. The Labute approximate surface area is 108 Å². The maximum absolute atomic E-state index is 4.39. The Morgan fingerprint density at radius 3 is 2.94 bits per heavy atom. The molecule has 1 aliphatic heterocycles. The van der Waals surface area contributed by atoms with Gasteiger partial charge >= 0.3 is 0 Å². The van der Waals surface area contributed by atoms with E-state index >= 15 is 0 Å². The molecule has 0 radical (unpaired) electrons. The molecular weight excluding hydrogens is 226 g/mol. The van der Waals surface area contributed by atoms with Crippen molar-refractivity contribution in [3.05, 3.63) is 12.5 Å². The Morgan fingerprint density at radius 1 is 1.33 bits per heavy atom. The third kappa shape index (κ3) is 2.44. The van der Waals surface area contributed by atoms with Crippen LogP contribution in [-0.2, 0) is 0 Å². The van der Waals surface area contributed by atoms with Crippen molar-refractivity contribution in [2.75, 3.05) is 18.0 Å². The number of hydrogen-bond acceptors (Lipinski definition) is 4. The summed E-state index contributed by atoms with van der Waals surface area (Å²) in [6, 6.07) is 0. The van der Waals surface area contributed by atoms with Gasteiger partial charge in [0.1, 0.15) is 12.1 Å². The van der Waals surface area contributed by atoms with E-state index in [0.29, 0.717) is 0 Å². The normalized spacial score (nSPS) is 19.5. The number of fused-ring (bicyclic) bond motifs is 1. The Hall–Kier alpha value is -1.65. The van der Waals surface area contributed by atoms with Gasteiger partial charge in [-0.25, -0.2) is 9.97 Å². The number of aromatic nitrogens is 4. The predicted octanol–water partition coefficient (Wildman–Crippen LogP) is 2.62. The van der Waals surface area contributed by atoms with Crippen LogP contribution in [0.2, 0.25) is 0 Å². The lowest BCUT2D eigenvalue weighted by molar-refractivity contribution is 0.445. The summed E-state index contributed by atoms with van der Waals surface area (Å²) in [5, 5.41) is 7.93. The smallest absolute Gasteiger partial charge is 0.160 e. The lowest BCUT2D eigenvalue weighted by Crippen LogP contribution is -2.34. The van der Waals surface area contributed by atoms with Crippen LogP contribution in [0.4, 0.5) is 5.82 Å². The summed E-state index contributed by atoms with van der Waals surface area (Å²) in [6.07, 6.45) is 5.97. The van der Waals surface area contributed by atoms with E-state index in [9.17, 15) is 0 Å². The van der Waals surface area contributed by atoms with Crippen molar-refractivity contribution in [2.24, 2.45) is 5.92 Å². The van der Waals surface area contributed by atoms with E-state index in [0.717, 1.165) is 35.9 Å². The van der Waals surface area contributed by atoms with Crippen LogP contribution < -0.4 is 4.90 Å². The predicted molar refractivity (Wildman–Crippen MR) is 73.6 cm³/mol. The minimum Gasteiger partial charge on any atom is -0.356 e. The molecule has 98 valence electrons. The third-order valence-corrected chi connectivity index (χ3v) is 3.18. The first-order valence-corrected chi connectivity index (χ1v) is 6.73. The molecule has 0 aliphatic carbocycles. The Kier molecular flexibility index (Phi) is 4.12. The highest BCUT2D eigenvalue weighted by molar-refractivity contribution is 5.86. The first-order valence-electron chi connectivity index (χ1n) is 6.73. The largest absolute Gasteiger partial charge is 0.356 e. The Balaban J connectivity index is 0.000000574. The van der Waals surface area contributed by atoms with Gasteiger partial charge in [0.15, 0.2) is 5.65 Å². The van der Waals surface area contributed by atoms with Crippen molar-refractivity contribution < 1.29 is 0 Å². The molecule has 5 nitrogen and oxygen atoms in total. The van der Waals surface area contributed by atoms with Crippen LogP contribution in [0.1, 0.15) is 33.6 Å². The summed E-state index contributed by atoms with van der Waals surface area (Å²) in [5.74, 6) is 1.76. The van der Waals surface area contributed by atoms with Gasteiger partial charge in [0.25, 0.3) is 0 Å². The van der Waals surface area contributed by atoms with E-state index in [1.54, 1.807) is 6.33 Å². The lowest BCUT2D eigenvalue weighted by Gasteiger charge is -2.31. The van der Waals surface area contributed by atoms with Gasteiger partial charge in [0.05, 0.1) is 11.6 Å². The lowest BCUT2D eigenvalue weighted by atomic mass is 10.0. The molecule has 0 amide bonds. The van der Waals surface area contributed by atoms with Gasteiger partial charge in [-0.3, -0.25) is 5.10 Å². The van der Waals surface area contributed by atoms with Crippen molar-refractivity contribution in [3.63, 3.8) is 0 Å². The average Bonchev–Trinajstić information content (AvgIpc) is 2.89. The fraction of sp³-hybridized carbons (Fsp3) is 0.615. The van der Waals surface area contributed by atoms with Crippen LogP contribution in [0, 0.1) is 5.92 Å². The fourth-order valence-electron chi connectivity index (χ4n) is 2.39. The van der Waals surface area contributed by atoms with E-state index in [1.165, 1.54) is 12.8 Å². The van der Waals surface area contributed by atoms with Crippen molar-refractivity contribution in [3.8, 4) is 0 Å². The molecule has 0 aromatic carbocycles. The Morgan fingerprint density at radius 2 is 2.17 bits per heavy atom. The SMILES string of the molecule is CC.CC1CCCN(c2ncnc3[nH]ncc23)C1. The fourth-order valence-corrected chi connectivity index (χ4v) is 2.39. The molecule has 0 spiro atoms. The van der Waals surface area contributed by atoms with Gasteiger partial charge in [-0.15, -0.1) is 0 Å². The maximum Gasteiger partial charge on any atom is 0.160 e. The van der Waals surface area contributed by atoms with E-state index < -0.39 is 0 Å². The first kappa shape index (κ1) is 12.8. The monoisotopic (exact) mass is 247 g/mol. The highest BCUT2D eigenvalue weighted by atomic mass is 15.2. The average molecular weight is 247 g/mol. The van der Waals surface area contributed by atoms with Crippen LogP contribution >= 0.6 is 0 Å². The molecule has 3 rings (SSSR count). The summed E-state index contributed by atoms with van der Waals surface area (Å²) in [6.45, 7) is 8.46. The molecule has 1 fully saturated rings. The minimum absolute atomic E-state index is 0.741. The van der Waals surface area contributed by atoms with Crippen LogP contribution in [0.5, 0.6) is 0 Å². The van der Waals surface area contributed by atoms with Gasteiger partial charge in [0, 0.05) is 13.1 Å². The summed E-state index contributed by atoms with van der Waals surface area (Å²) >= 11 is 0. The van der Waals surface area contributed by atoms with Gasteiger partial charge in [-0.05, 0) is 18.8 Å². The molecule has 3 heterocycles. The molecule has 1 unspecified atom stereocenters. The molecule has 2 aromatic rings. The van der Waals surface area contributed by atoms with E-state index in [-0.39, 0.29) is 0 Å². The zero-order chi connectivity index (χ0) is 13.0. The second kappa shape index (κ2) is 5.80.